The summed E-state index contributed by atoms with van der Waals surface area (Å²) in [5, 5.41) is 17.7. The number of hydrogen-bond acceptors (Lipinski definition) is 4. The van der Waals surface area contributed by atoms with Crippen LogP contribution in [0.2, 0.25) is 0 Å². The van der Waals surface area contributed by atoms with Gasteiger partial charge in [0.2, 0.25) is 0 Å². The van der Waals surface area contributed by atoms with Crippen LogP contribution in [0.3, 0.4) is 0 Å². The smallest absolute Gasteiger partial charge is 0.129 e. The van der Waals surface area contributed by atoms with Gasteiger partial charge in [-0.2, -0.15) is 5.26 Å². The zero-order valence-electron chi connectivity index (χ0n) is 9.13. The fraction of sp³-hybridized carbons (Fsp3) is 0.500. The molecule has 1 aliphatic rings. The lowest BCUT2D eigenvalue weighted by Crippen LogP contribution is -2.21. The molecule has 0 saturated carbocycles. The molecule has 1 N–H and O–H groups in total. The summed E-state index contributed by atoms with van der Waals surface area (Å²) in [6.45, 7) is 2.15. The van der Waals surface area contributed by atoms with Crippen molar-refractivity contribution in [3.8, 4) is 6.07 Å². The molecule has 4 nitrogen and oxygen atoms in total. The minimum atomic E-state index is 0.254. The Morgan fingerprint density at radius 1 is 1.62 bits per heavy atom. The minimum Gasteiger partial charge on any atom is -0.396 e. The molecule has 0 spiro atoms. The zero-order valence-corrected chi connectivity index (χ0v) is 9.13. The van der Waals surface area contributed by atoms with Gasteiger partial charge in [-0.1, -0.05) is 0 Å². The Morgan fingerprint density at radius 3 is 3.25 bits per heavy atom. The summed E-state index contributed by atoms with van der Waals surface area (Å²) in [4.78, 5) is 6.46. The molecule has 84 valence electrons. The molecule has 1 aromatic rings. The van der Waals surface area contributed by atoms with Crippen molar-refractivity contribution in [3.63, 3.8) is 0 Å². The van der Waals surface area contributed by atoms with Gasteiger partial charge < -0.3 is 10.0 Å². The Bertz CT molecular complexity index is 399. The van der Waals surface area contributed by atoms with Crippen LogP contribution in [0.15, 0.2) is 18.3 Å². The third kappa shape index (κ3) is 2.31. The van der Waals surface area contributed by atoms with Crippen LogP contribution in [0, 0.1) is 17.2 Å². The highest BCUT2D eigenvalue weighted by atomic mass is 16.3. The summed E-state index contributed by atoms with van der Waals surface area (Å²) in [6, 6.07) is 5.65. The van der Waals surface area contributed by atoms with Crippen LogP contribution in [-0.4, -0.2) is 29.8 Å². The standard InChI is InChI=1S/C12H15N3O/c13-8-11-1-4-14-12(7-11)15-5-2-10(9-15)3-6-16/h1,4,7,10,16H,2-3,5-6,9H2. The van der Waals surface area contributed by atoms with Gasteiger partial charge >= 0.3 is 0 Å². The van der Waals surface area contributed by atoms with E-state index < -0.39 is 0 Å². The SMILES string of the molecule is N#Cc1ccnc(N2CCC(CCO)C2)c1. The average Bonchev–Trinajstić information content (AvgIpc) is 2.78. The molecule has 0 amide bonds. The highest BCUT2D eigenvalue weighted by molar-refractivity contribution is 5.45. The van der Waals surface area contributed by atoms with Crippen LogP contribution in [-0.2, 0) is 0 Å². The Morgan fingerprint density at radius 2 is 2.50 bits per heavy atom. The fourth-order valence-corrected chi connectivity index (χ4v) is 2.12. The molecular formula is C12H15N3O. The molecule has 0 radical (unpaired) electrons. The first-order valence-corrected chi connectivity index (χ1v) is 5.55. The molecule has 1 aromatic heterocycles. The molecule has 0 aromatic carbocycles. The van der Waals surface area contributed by atoms with E-state index >= 15 is 0 Å². The largest absolute Gasteiger partial charge is 0.396 e. The van der Waals surface area contributed by atoms with Crippen molar-refractivity contribution in [1.29, 1.82) is 5.26 Å². The first-order chi connectivity index (χ1) is 7.83. The number of anilines is 1. The maximum Gasteiger partial charge on any atom is 0.129 e. The highest BCUT2D eigenvalue weighted by Gasteiger charge is 2.22. The predicted octanol–water partition coefficient (Wildman–Crippen LogP) is 1.16. The van der Waals surface area contributed by atoms with Gasteiger partial charge in [-0.15, -0.1) is 0 Å². The quantitative estimate of drug-likeness (QED) is 0.825. The first-order valence-electron chi connectivity index (χ1n) is 5.55. The van der Waals surface area contributed by atoms with Crippen LogP contribution >= 0.6 is 0 Å². The maximum atomic E-state index is 8.89. The van der Waals surface area contributed by atoms with Crippen molar-refractivity contribution in [2.24, 2.45) is 5.92 Å². The van der Waals surface area contributed by atoms with Crippen molar-refractivity contribution < 1.29 is 5.11 Å². The average molecular weight is 217 g/mol. The number of rotatable bonds is 3. The number of hydrogen-bond donors (Lipinski definition) is 1. The van der Waals surface area contributed by atoms with Crippen molar-refractivity contribution >= 4 is 5.82 Å². The molecular weight excluding hydrogens is 202 g/mol. The number of aromatic nitrogens is 1. The Labute approximate surface area is 95.1 Å². The van der Waals surface area contributed by atoms with Gasteiger partial charge in [0.1, 0.15) is 5.82 Å². The van der Waals surface area contributed by atoms with Gasteiger partial charge in [0.15, 0.2) is 0 Å². The number of aliphatic hydroxyl groups is 1. The molecule has 4 heteroatoms. The lowest BCUT2D eigenvalue weighted by molar-refractivity contribution is 0.263. The third-order valence-electron chi connectivity index (χ3n) is 3.02. The van der Waals surface area contributed by atoms with E-state index in [0.29, 0.717) is 11.5 Å². The van der Waals surface area contributed by atoms with Crippen LogP contribution in [0.25, 0.3) is 0 Å². The predicted molar refractivity (Wildman–Crippen MR) is 61.0 cm³/mol. The number of pyridine rings is 1. The molecule has 2 rings (SSSR count). The van der Waals surface area contributed by atoms with Crippen molar-refractivity contribution in [2.75, 3.05) is 24.6 Å². The lowest BCUT2D eigenvalue weighted by atomic mass is 10.1. The van der Waals surface area contributed by atoms with Gasteiger partial charge in [0.25, 0.3) is 0 Å². The van der Waals surface area contributed by atoms with E-state index in [9.17, 15) is 0 Å². The number of nitrogens with zero attached hydrogens (tertiary/aromatic N) is 3. The summed E-state index contributed by atoms with van der Waals surface area (Å²) in [5.41, 5.74) is 0.649. The van der Waals surface area contributed by atoms with Gasteiger partial charge in [-0.25, -0.2) is 4.98 Å². The normalized spacial score (nSPS) is 19.8. The van der Waals surface area contributed by atoms with Crippen LogP contribution < -0.4 is 4.90 Å². The van der Waals surface area contributed by atoms with Crippen LogP contribution in [0.5, 0.6) is 0 Å². The van der Waals surface area contributed by atoms with E-state index in [-0.39, 0.29) is 6.61 Å². The minimum absolute atomic E-state index is 0.254. The van der Waals surface area contributed by atoms with Crippen molar-refractivity contribution in [2.45, 2.75) is 12.8 Å². The van der Waals surface area contributed by atoms with E-state index in [1.165, 1.54) is 0 Å². The molecule has 1 saturated heterocycles. The molecule has 1 aliphatic heterocycles. The monoisotopic (exact) mass is 217 g/mol. The van der Waals surface area contributed by atoms with Crippen molar-refractivity contribution in [3.05, 3.63) is 23.9 Å². The molecule has 2 heterocycles. The van der Waals surface area contributed by atoms with E-state index in [1.807, 2.05) is 6.07 Å². The Balaban J connectivity index is 2.06. The highest BCUT2D eigenvalue weighted by Crippen LogP contribution is 2.24. The van der Waals surface area contributed by atoms with Crippen LogP contribution in [0.4, 0.5) is 5.82 Å². The summed E-state index contributed by atoms with van der Waals surface area (Å²) in [7, 11) is 0. The first kappa shape index (κ1) is 10.9. The van der Waals surface area contributed by atoms with E-state index in [4.69, 9.17) is 10.4 Å². The van der Waals surface area contributed by atoms with E-state index in [2.05, 4.69) is 16.0 Å². The lowest BCUT2D eigenvalue weighted by Gasteiger charge is -2.17. The fourth-order valence-electron chi connectivity index (χ4n) is 2.12. The second kappa shape index (κ2) is 4.95. The van der Waals surface area contributed by atoms with E-state index in [0.717, 1.165) is 31.7 Å². The van der Waals surface area contributed by atoms with Gasteiger partial charge in [0, 0.05) is 25.9 Å². The third-order valence-corrected chi connectivity index (χ3v) is 3.02. The summed E-state index contributed by atoms with van der Waals surface area (Å²) >= 11 is 0. The summed E-state index contributed by atoms with van der Waals surface area (Å²) in [6.07, 6.45) is 3.63. The van der Waals surface area contributed by atoms with E-state index in [1.54, 1.807) is 12.3 Å². The summed E-state index contributed by atoms with van der Waals surface area (Å²) < 4.78 is 0. The summed E-state index contributed by atoms with van der Waals surface area (Å²) in [5.74, 6) is 1.43. The molecule has 16 heavy (non-hydrogen) atoms. The molecule has 0 aliphatic carbocycles. The number of nitriles is 1. The second-order valence-electron chi connectivity index (χ2n) is 4.13. The topological polar surface area (TPSA) is 60.2 Å². The molecule has 0 bridgehead atoms. The zero-order chi connectivity index (χ0) is 11.4. The molecule has 1 unspecified atom stereocenters. The van der Waals surface area contributed by atoms with Gasteiger partial charge in [-0.3, -0.25) is 0 Å². The second-order valence-corrected chi connectivity index (χ2v) is 4.13. The number of aliphatic hydroxyl groups excluding tert-OH is 1. The van der Waals surface area contributed by atoms with Gasteiger partial charge in [-0.05, 0) is 30.9 Å². The van der Waals surface area contributed by atoms with Crippen LogP contribution in [0.1, 0.15) is 18.4 Å². The Hall–Kier alpha value is -1.60. The maximum absolute atomic E-state index is 8.89. The Kier molecular flexibility index (Phi) is 3.37. The molecule has 1 fully saturated rings. The van der Waals surface area contributed by atoms with Crippen molar-refractivity contribution in [1.82, 2.24) is 4.98 Å². The molecule has 1 atom stereocenters. The van der Waals surface area contributed by atoms with Gasteiger partial charge in [0.05, 0.1) is 11.6 Å².